The van der Waals surface area contributed by atoms with Gasteiger partial charge in [0.05, 0.1) is 11.7 Å². The molecule has 1 fully saturated rings. The van der Waals surface area contributed by atoms with Gasteiger partial charge in [-0.2, -0.15) is 13.2 Å². The smallest absolute Gasteiger partial charge is 0.420 e. The van der Waals surface area contributed by atoms with E-state index in [0.717, 1.165) is 4.90 Å². The molecule has 0 spiro atoms. The Kier molecular flexibility index (Phi) is 4.69. The lowest BCUT2D eigenvalue weighted by Crippen LogP contribution is -2.31. The molecular formula is C14H17F3N2O4. The molecule has 0 aromatic carbocycles. The topological polar surface area (TPSA) is 96.8 Å². The van der Waals surface area contributed by atoms with Gasteiger partial charge < -0.3 is 20.2 Å². The Balaban J connectivity index is 2.28. The molecule has 1 aromatic heterocycles. The molecule has 6 nitrogen and oxygen atoms in total. The fourth-order valence-electron chi connectivity index (χ4n) is 2.74. The Hall–Kier alpha value is -2.03. The number of aryl methyl sites for hydroxylation is 1. The van der Waals surface area contributed by atoms with Crippen molar-refractivity contribution in [1.82, 2.24) is 4.90 Å². The Labute approximate surface area is 130 Å². The van der Waals surface area contributed by atoms with Crippen molar-refractivity contribution in [2.75, 3.05) is 13.1 Å². The first kappa shape index (κ1) is 17.3. The van der Waals surface area contributed by atoms with Crippen LogP contribution in [-0.2, 0) is 17.4 Å². The number of carbonyl (C=O) groups excluding carboxylic acids is 2. The lowest BCUT2D eigenvalue weighted by atomic mass is 10.0. The molecule has 2 atom stereocenters. The summed E-state index contributed by atoms with van der Waals surface area (Å²) in [6.45, 7) is 1.39. The summed E-state index contributed by atoms with van der Waals surface area (Å²) in [5.41, 5.74) is 3.39. The number of nitrogens with two attached hydrogens (primary N) is 1. The number of likely N-dealkylation sites (tertiary alicyclic amines) is 1. The number of aliphatic hydroxyl groups is 1. The summed E-state index contributed by atoms with van der Waals surface area (Å²) in [4.78, 5) is 24.5. The van der Waals surface area contributed by atoms with Gasteiger partial charge in [-0.15, -0.1) is 0 Å². The van der Waals surface area contributed by atoms with Crippen LogP contribution in [0, 0.1) is 5.92 Å². The molecule has 9 heteroatoms. The third-order valence-corrected chi connectivity index (χ3v) is 3.86. The highest BCUT2D eigenvalue weighted by molar-refractivity contribution is 5.97. The third kappa shape index (κ3) is 3.49. The van der Waals surface area contributed by atoms with Crippen molar-refractivity contribution in [3.8, 4) is 0 Å². The molecule has 2 heterocycles. The summed E-state index contributed by atoms with van der Waals surface area (Å²) >= 11 is 0. The maximum atomic E-state index is 13.0. The van der Waals surface area contributed by atoms with Crippen LogP contribution in [0.5, 0.6) is 0 Å². The molecule has 0 bridgehead atoms. The van der Waals surface area contributed by atoms with Crippen LogP contribution >= 0.6 is 0 Å². The van der Waals surface area contributed by atoms with Gasteiger partial charge in [0.15, 0.2) is 0 Å². The number of carbonyl (C=O) groups is 2. The molecule has 0 saturated carbocycles. The van der Waals surface area contributed by atoms with Gasteiger partial charge in [-0.05, 0) is 0 Å². The van der Waals surface area contributed by atoms with Crippen molar-refractivity contribution in [1.29, 1.82) is 0 Å². The number of amides is 2. The molecule has 3 N–H and O–H groups in total. The number of primary amides is 1. The first-order valence-corrected chi connectivity index (χ1v) is 7.08. The molecule has 1 saturated heterocycles. The van der Waals surface area contributed by atoms with Crippen LogP contribution in [0.15, 0.2) is 10.7 Å². The zero-order valence-corrected chi connectivity index (χ0v) is 12.4. The van der Waals surface area contributed by atoms with Gasteiger partial charge >= 0.3 is 6.18 Å². The highest BCUT2D eigenvalue weighted by Gasteiger charge is 2.42. The molecule has 2 rings (SSSR count). The van der Waals surface area contributed by atoms with Gasteiger partial charge in [0, 0.05) is 31.8 Å². The molecule has 0 aliphatic carbocycles. The van der Waals surface area contributed by atoms with E-state index in [1.807, 2.05) is 0 Å². The zero-order chi connectivity index (χ0) is 17.4. The predicted octanol–water partition coefficient (Wildman–Crippen LogP) is 1.17. The number of hydrogen-bond donors (Lipinski definition) is 2. The third-order valence-electron chi connectivity index (χ3n) is 3.86. The van der Waals surface area contributed by atoms with Crippen LogP contribution in [0.25, 0.3) is 0 Å². The normalized spacial score (nSPS) is 21.7. The number of β-amino-alcohol motifs (C(OH)–C–C–N with tert-alkyl or cyclic N) is 1. The van der Waals surface area contributed by atoms with E-state index in [0.29, 0.717) is 6.26 Å². The van der Waals surface area contributed by atoms with Crippen LogP contribution < -0.4 is 5.73 Å². The molecule has 0 unspecified atom stereocenters. The molecule has 2 amide bonds. The number of aliphatic hydroxyl groups excluding tert-OH is 1. The quantitative estimate of drug-likeness (QED) is 0.864. The van der Waals surface area contributed by atoms with E-state index in [1.54, 1.807) is 6.92 Å². The van der Waals surface area contributed by atoms with Gasteiger partial charge in [0.2, 0.25) is 5.91 Å². The number of rotatable bonds is 4. The summed E-state index contributed by atoms with van der Waals surface area (Å²) in [7, 11) is 0. The van der Waals surface area contributed by atoms with Crippen molar-refractivity contribution < 1.29 is 32.3 Å². The Bertz CT molecular complexity index is 612. The van der Waals surface area contributed by atoms with Gasteiger partial charge in [-0.1, -0.05) is 6.92 Å². The molecule has 1 aliphatic rings. The minimum atomic E-state index is -4.72. The molecule has 128 valence electrons. The van der Waals surface area contributed by atoms with Gasteiger partial charge in [0.1, 0.15) is 17.6 Å². The molecule has 1 aliphatic heterocycles. The second-order valence-electron chi connectivity index (χ2n) is 5.51. The van der Waals surface area contributed by atoms with Crippen molar-refractivity contribution in [2.24, 2.45) is 11.7 Å². The number of nitrogens with zero attached hydrogens (tertiary/aromatic N) is 1. The van der Waals surface area contributed by atoms with E-state index in [-0.39, 0.29) is 31.7 Å². The maximum Gasteiger partial charge on any atom is 0.420 e. The van der Waals surface area contributed by atoms with Crippen molar-refractivity contribution in [2.45, 2.75) is 32.0 Å². The van der Waals surface area contributed by atoms with E-state index >= 15 is 0 Å². The fourth-order valence-corrected chi connectivity index (χ4v) is 2.74. The number of furan rings is 1. The number of halogens is 3. The Morgan fingerprint density at radius 1 is 1.43 bits per heavy atom. The largest absolute Gasteiger partial charge is 0.468 e. The molecule has 0 radical (unpaired) electrons. The second-order valence-corrected chi connectivity index (χ2v) is 5.51. The molecule has 23 heavy (non-hydrogen) atoms. The van der Waals surface area contributed by atoms with Gasteiger partial charge in [0.25, 0.3) is 5.91 Å². The zero-order valence-electron chi connectivity index (χ0n) is 12.4. The lowest BCUT2D eigenvalue weighted by Gasteiger charge is -2.17. The van der Waals surface area contributed by atoms with E-state index in [9.17, 15) is 27.9 Å². The van der Waals surface area contributed by atoms with Gasteiger partial charge in [-0.3, -0.25) is 9.59 Å². The highest BCUT2D eigenvalue weighted by Crippen LogP contribution is 2.36. The van der Waals surface area contributed by atoms with Crippen LogP contribution in [0.2, 0.25) is 0 Å². The Morgan fingerprint density at radius 2 is 2.09 bits per heavy atom. The summed E-state index contributed by atoms with van der Waals surface area (Å²) in [6.07, 6.45) is -5.20. The molecular weight excluding hydrogens is 317 g/mol. The van der Waals surface area contributed by atoms with E-state index in [4.69, 9.17) is 10.2 Å². The van der Waals surface area contributed by atoms with E-state index in [2.05, 4.69) is 0 Å². The Morgan fingerprint density at radius 3 is 2.61 bits per heavy atom. The van der Waals surface area contributed by atoms with Crippen molar-refractivity contribution in [3.05, 3.63) is 23.2 Å². The monoisotopic (exact) mass is 334 g/mol. The van der Waals surface area contributed by atoms with Crippen molar-refractivity contribution in [3.63, 3.8) is 0 Å². The van der Waals surface area contributed by atoms with E-state index < -0.39 is 41.1 Å². The number of hydrogen-bond acceptors (Lipinski definition) is 4. The van der Waals surface area contributed by atoms with Crippen LogP contribution in [-0.4, -0.2) is 41.0 Å². The predicted molar refractivity (Wildman–Crippen MR) is 72.3 cm³/mol. The SMILES string of the molecule is CCc1occ(C(F)(F)F)c1C(=O)N1C[C@@H](CC(N)=O)[C@H](O)C1. The first-order chi connectivity index (χ1) is 10.6. The van der Waals surface area contributed by atoms with Crippen LogP contribution in [0.4, 0.5) is 13.2 Å². The number of alkyl halides is 3. The summed E-state index contributed by atoms with van der Waals surface area (Å²) < 4.78 is 44.0. The van der Waals surface area contributed by atoms with Gasteiger partial charge in [-0.25, -0.2) is 0 Å². The van der Waals surface area contributed by atoms with Crippen molar-refractivity contribution >= 4 is 11.8 Å². The van der Waals surface area contributed by atoms with Crippen LogP contribution in [0.3, 0.4) is 0 Å². The average molecular weight is 334 g/mol. The average Bonchev–Trinajstić information content (AvgIpc) is 3.01. The van der Waals surface area contributed by atoms with Crippen LogP contribution in [0.1, 0.15) is 35.0 Å². The fraction of sp³-hybridized carbons (Fsp3) is 0.571. The minimum absolute atomic E-state index is 0.0332. The lowest BCUT2D eigenvalue weighted by molar-refractivity contribution is -0.138. The standard InChI is InChI=1S/C14H17F3N2O4/c1-2-10-12(8(6-23-10)14(15,16)17)13(22)19-4-7(3-11(18)21)9(20)5-19/h6-7,9,20H,2-5H2,1H3,(H2,18,21)/t7-,9-/m1/s1. The first-order valence-electron chi connectivity index (χ1n) is 7.08. The summed E-state index contributed by atoms with van der Waals surface area (Å²) in [5, 5.41) is 9.86. The summed E-state index contributed by atoms with van der Waals surface area (Å²) in [6, 6.07) is 0. The molecule has 1 aromatic rings. The minimum Gasteiger partial charge on any atom is -0.468 e. The summed E-state index contributed by atoms with van der Waals surface area (Å²) in [5.74, 6) is -2.15. The van der Waals surface area contributed by atoms with E-state index in [1.165, 1.54) is 0 Å². The maximum absolute atomic E-state index is 13.0. The highest BCUT2D eigenvalue weighted by atomic mass is 19.4. The second kappa shape index (κ2) is 6.23.